The van der Waals surface area contributed by atoms with E-state index >= 15 is 0 Å². The molecule has 5 nitrogen and oxygen atoms in total. The van der Waals surface area contributed by atoms with E-state index in [1.165, 1.54) is 0 Å². The van der Waals surface area contributed by atoms with Gasteiger partial charge in [-0.1, -0.05) is 29.1 Å². The molecule has 0 aliphatic carbocycles. The van der Waals surface area contributed by atoms with E-state index in [9.17, 15) is 4.79 Å². The summed E-state index contributed by atoms with van der Waals surface area (Å²) in [5, 5.41) is 15.2. The maximum absolute atomic E-state index is 12.0. The van der Waals surface area contributed by atoms with Crippen LogP contribution in [0.3, 0.4) is 0 Å². The van der Waals surface area contributed by atoms with Crippen LogP contribution < -0.4 is 5.32 Å². The highest BCUT2D eigenvalue weighted by atomic mass is 16.5. The lowest BCUT2D eigenvalue weighted by Crippen LogP contribution is -2.26. The standard InChI is InChI=1S/C16H16N2O3/c1-11-10-15(21-18-11)16(20)17-12(2)14-7-5-13(6-8-14)4-3-9-19/h5-8,10,12,19H,9H2,1-2H3,(H,17,20). The van der Waals surface area contributed by atoms with E-state index in [4.69, 9.17) is 9.63 Å². The lowest BCUT2D eigenvalue weighted by Gasteiger charge is -2.13. The number of carbonyl (C=O) groups excluding carboxylic acids is 1. The smallest absolute Gasteiger partial charge is 0.290 e. The maximum atomic E-state index is 12.0. The SMILES string of the molecule is Cc1cc(C(=O)NC(C)c2ccc(C#CCO)cc2)on1. The molecule has 1 atom stereocenters. The van der Waals surface area contributed by atoms with Gasteiger partial charge in [-0.05, 0) is 31.5 Å². The predicted octanol–water partition coefficient (Wildman–Crippen LogP) is 1.82. The van der Waals surface area contributed by atoms with Crippen molar-refractivity contribution in [1.82, 2.24) is 10.5 Å². The van der Waals surface area contributed by atoms with E-state index in [0.717, 1.165) is 11.1 Å². The van der Waals surface area contributed by atoms with Crippen LogP contribution >= 0.6 is 0 Å². The average molecular weight is 284 g/mol. The number of benzene rings is 1. The number of aliphatic hydroxyl groups excluding tert-OH is 1. The molecule has 0 fully saturated rings. The lowest BCUT2D eigenvalue weighted by atomic mass is 10.1. The van der Waals surface area contributed by atoms with Crippen molar-refractivity contribution < 1.29 is 14.4 Å². The zero-order chi connectivity index (χ0) is 15.2. The van der Waals surface area contributed by atoms with E-state index in [1.807, 2.05) is 31.2 Å². The third-order valence-electron chi connectivity index (χ3n) is 2.92. The van der Waals surface area contributed by atoms with Gasteiger partial charge < -0.3 is 14.9 Å². The molecule has 1 unspecified atom stereocenters. The Morgan fingerprint density at radius 3 is 2.71 bits per heavy atom. The molecule has 5 heteroatoms. The Hall–Kier alpha value is -2.58. The Kier molecular flexibility index (Phi) is 4.75. The van der Waals surface area contributed by atoms with Crippen LogP contribution in [0.25, 0.3) is 0 Å². The summed E-state index contributed by atoms with van der Waals surface area (Å²) in [6.45, 7) is 3.48. The van der Waals surface area contributed by atoms with Gasteiger partial charge in [0, 0.05) is 11.6 Å². The number of aromatic nitrogens is 1. The van der Waals surface area contributed by atoms with Gasteiger partial charge in [0.05, 0.1) is 11.7 Å². The summed E-state index contributed by atoms with van der Waals surface area (Å²) in [5.74, 6) is 5.30. The number of rotatable bonds is 3. The molecule has 1 amide bonds. The summed E-state index contributed by atoms with van der Waals surface area (Å²) in [4.78, 5) is 12.0. The number of amides is 1. The molecule has 0 saturated carbocycles. The molecule has 1 aromatic carbocycles. The predicted molar refractivity (Wildman–Crippen MR) is 77.5 cm³/mol. The number of nitrogens with zero attached hydrogens (tertiary/aromatic N) is 1. The van der Waals surface area contributed by atoms with Gasteiger partial charge in [0.1, 0.15) is 6.61 Å². The quantitative estimate of drug-likeness (QED) is 0.843. The van der Waals surface area contributed by atoms with Gasteiger partial charge in [0.2, 0.25) is 5.76 Å². The minimum absolute atomic E-state index is 0.162. The van der Waals surface area contributed by atoms with Gasteiger partial charge in [-0.25, -0.2) is 0 Å². The van der Waals surface area contributed by atoms with Crippen LogP contribution in [0.2, 0.25) is 0 Å². The molecular formula is C16H16N2O3. The van der Waals surface area contributed by atoms with Crippen molar-refractivity contribution >= 4 is 5.91 Å². The van der Waals surface area contributed by atoms with Gasteiger partial charge in [0.15, 0.2) is 0 Å². The monoisotopic (exact) mass is 284 g/mol. The molecule has 1 heterocycles. The molecule has 0 aliphatic rings. The zero-order valence-corrected chi connectivity index (χ0v) is 11.9. The number of aryl methyl sites for hydroxylation is 1. The second kappa shape index (κ2) is 6.73. The highest BCUT2D eigenvalue weighted by Crippen LogP contribution is 2.14. The Labute approximate surface area is 123 Å². The van der Waals surface area contributed by atoms with Gasteiger partial charge in [0.25, 0.3) is 5.91 Å². The van der Waals surface area contributed by atoms with Crippen LogP contribution in [0.1, 0.15) is 40.3 Å². The first kappa shape index (κ1) is 14.8. The van der Waals surface area contributed by atoms with Crippen LogP contribution in [0, 0.1) is 18.8 Å². The van der Waals surface area contributed by atoms with Crippen molar-refractivity contribution in [3.63, 3.8) is 0 Å². The number of aliphatic hydroxyl groups is 1. The van der Waals surface area contributed by atoms with Gasteiger partial charge in [-0.15, -0.1) is 0 Å². The van der Waals surface area contributed by atoms with Gasteiger partial charge >= 0.3 is 0 Å². The second-order valence-corrected chi connectivity index (χ2v) is 4.61. The molecule has 0 radical (unpaired) electrons. The number of hydrogen-bond donors (Lipinski definition) is 2. The molecular weight excluding hydrogens is 268 g/mol. The van der Waals surface area contributed by atoms with Crippen molar-refractivity contribution in [3.8, 4) is 11.8 Å². The average Bonchev–Trinajstić information content (AvgIpc) is 2.92. The van der Waals surface area contributed by atoms with Crippen molar-refractivity contribution in [2.75, 3.05) is 6.61 Å². The number of hydrogen-bond acceptors (Lipinski definition) is 4. The molecule has 1 aromatic heterocycles. The highest BCUT2D eigenvalue weighted by Gasteiger charge is 2.15. The van der Waals surface area contributed by atoms with Crippen LogP contribution in [0.5, 0.6) is 0 Å². The molecule has 2 aromatic rings. The van der Waals surface area contributed by atoms with Gasteiger partial charge in [-0.2, -0.15) is 0 Å². The molecule has 108 valence electrons. The maximum Gasteiger partial charge on any atom is 0.290 e. The van der Waals surface area contributed by atoms with E-state index in [-0.39, 0.29) is 24.3 Å². The minimum atomic E-state index is -0.299. The van der Waals surface area contributed by atoms with Crippen molar-refractivity contribution in [1.29, 1.82) is 0 Å². The molecule has 2 N–H and O–H groups in total. The number of carbonyl (C=O) groups is 1. The van der Waals surface area contributed by atoms with Crippen molar-refractivity contribution in [2.24, 2.45) is 0 Å². The molecule has 0 aliphatic heterocycles. The second-order valence-electron chi connectivity index (χ2n) is 4.61. The summed E-state index contributed by atoms with van der Waals surface area (Å²) in [5.41, 5.74) is 2.44. The summed E-state index contributed by atoms with van der Waals surface area (Å²) in [6, 6.07) is 8.90. The summed E-state index contributed by atoms with van der Waals surface area (Å²) < 4.78 is 4.92. The minimum Gasteiger partial charge on any atom is -0.384 e. The highest BCUT2D eigenvalue weighted by molar-refractivity contribution is 5.91. The summed E-state index contributed by atoms with van der Waals surface area (Å²) in [7, 11) is 0. The van der Waals surface area contributed by atoms with Gasteiger partial charge in [-0.3, -0.25) is 4.79 Å². The number of nitrogens with one attached hydrogen (secondary N) is 1. The fourth-order valence-electron chi connectivity index (χ4n) is 1.82. The molecule has 21 heavy (non-hydrogen) atoms. The zero-order valence-electron chi connectivity index (χ0n) is 11.9. The largest absolute Gasteiger partial charge is 0.384 e. The lowest BCUT2D eigenvalue weighted by molar-refractivity contribution is 0.0902. The van der Waals surface area contributed by atoms with Crippen molar-refractivity contribution in [3.05, 3.63) is 52.9 Å². The fourth-order valence-corrected chi connectivity index (χ4v) is 1.82. The Bertz CT molecular complexity index is 678. The summed E-state index contributed by atoms with van der Waals surface area (Å²) >= 11 is 0. The third-order valence-corrected chi connectivity index (χ3v) is 2.92. The third kappa shape index (κ3) is 3.94. The first-order chi connectivity index (χ1) is 10.1. The van der Waals surface area contributed by atoms with Crippen LogP contribution in [-0.4, -0.2) is 22.8 Å². The first-order valence-electron chi connectivity index (χ1n) is 6.54. The summed E-state index contributed by atoms with van der Waals surface area (Å²) in [6.07, 6.45) is 0. The van der Waals surface area contributed by atoms with E-state index in [1.54, 1.807) is 13.0 Å². The van der Waals surface area contributed by atoms with E-state index in [0.29, 0.717) is 5.69 Å². The van der Waals surface area contributed by atoms with Crippen LogP contribution in [-0.2, 0) is 0 Å². The van der Waals surface area contributed by atoms with E-state index < -0.39 is 0 Å². The molecule has 2 rings (SSSR count). The first-order valence-corrected chi connectivity index (χ1v) is 6.54. The topological polar surface area (TPSA) is 75.4 Å². The molecule has 0 saturated heterocycles. The van der Waals surface area contributed by atoms with Crippen LogP contribution in [0.15, 0.2) is 34.9 Å². The fraction of sp³-hybridized carbons (Fsp3) is 0.250. The Balaban J connectivity index is 2.03. The van der Waals surface area contributed by atoms with E-state index in [2.05, 4.69) is 22.3 Å². The normalized spacial score (nSPS) is 11.4. The van der Waals surface area contributed by atoms with Crippen molar-refractivity contribution in [2.45, 2.75) is 19.9 Å². The Morgan fingerprint density at radius 1 is 1.43 bits per heavy atom. The molecule has 0 spiro atoms. The molecule has 0 bridgehead atoms. The van der Waals surface area contributed by atoms with Crippen LogP contribution in [0.4, 0.5) is 0 Å². The Morgan fingerprint density at radius 2 is 2.14 bits per heavy atom.